The van der Waals surface area contributed by atoms with Crippen LogP contribution >= 0.6 is 12.4 Å². The maximum atomic E-state index is 12.9. The average molecular weight is 397 g/mol. The lowest BCUT2D eigenvalue weighted by atomic mass is 9.98. The summed E-state index contributed by atoms with van der Waals surface area (Å²) in [6.45, 7) is 1.64. The van der Waals surface area contributed by atoms with E-state index in [1.165, 1.54) is 28.9 Å². The number of halogens is 2. The molecule has 2 amide bonds. The number of anilines is 1. The molecule has 27 heavy (non-hydrogen) atoms. The van der Waals surface area contributed by atoms with Crippen LogP contribution in [0.4, 0.5) is 10.3 Å². The first-order chi connectivity index (χ1) is 12.5. The van der Waals surface area contributed by atoms with E-state index < -0.39 is 17.6 Å². The van der Waals surface area contributed by atoms with Crippen molar-refractivity contribution in [2.75, 3.05) is 25.0 Å². The van der Waals surface area contributed by atoms with E-state index in [4.69, 9.17) is 0 Å². The first-order valence-electron chi connectivity index (χ1n) is 8.48. The lowest BCUT2D eigenvalue weighted by Gasteiger charge is -2.19. The summed E-state index contributed by atoms with van der Waals surface area (Å²) in [5, 5.41) is 12.8. The van der Waals surface area contributed by atoms with Crippen LogP contribution in [0.1, 0.15) is 34.9 Å². The normalized spacial score (nSPS) is 14.3. The smallest absolute Gasteiger partial charge is 0.251 e. The Bertz CT molecular complexity index is 789. The molecule has 1 aliphatic rings. The summed E-state index contributed by atoms with van der Waals surface area (Å²) < 4.78 is 14.4. The number of piperidine rings is 1. The van der Waals surface area contributed by atoms with Gasteiger partial charge in [0.1, 0.15) is 5.82 Å². The van der Waals surface area contributed by atoms with Gasteiger partial charge in [-0.2, -0.15) is 10.1 Å². The Balaban J connectivity index is 0.00000261. The van der Waals surface area contributed by atoms with Crippen LogP contribution in [0.5, 0.6) is 0 Å². The van der Waals surface area contributed by atoms with Crippen LogP contribution < -0.4 is 16.0 Å². The minimum Gasteiger partial charge on any atom is -0.343 e. The van der Waals surface area contributed by atoms with Crippen LogP contribution in [-0.2, 0) is 11.8 Å². The Morgan fingerprint density at radius 2 is 1.93 bits per heavy atom. The van der Waals surface area contributed by atoms with E-state index in [1.54, 1.807) is 7.05 Å². The van der Waals surface area contributed by atoms with Gasteiger partial charge in [-0.3, -0.25) is 14.9 Å². The van der Waals surface area contributed by atoms with E-state index in [1.807, 2.05) is 0 Å². The maximum absolute atomic E-state index is 12.9. The Labute approximate surface area is 162 Å². The Kier molecular flexibility index (Phi) is 7.26. The molecular weight excluding hydrogens is 375 g/mol. The van der Waals surface area contributed by atoms with Crippen LogP contribution in [0, 0.1) is 5.82 Å². The number of hydrogen-bond acceptors (Lipinski definition) is 5. The highest BCUT2D eigenvalue weighted by molar-refractivity contribution is 5.98. The molecule has 1 aliphatic heterocycles. The van der Waals surface area contributed by atoms with Crippen molar-refractivity contribution in [3.05, 3.63) is 41.5 Å². The Morgan fingerprint density at radius 1 is 1.26 bits per heavy atom. The highest BCUT2D eigenvalue weighted by atomic mass is 35.5. The van der Waals surface area contributed by atoms with Crippen molar-refractivity contribution in [1.82, 2.24) is 25.4 Å². The SMILES string of the molecule is Cl.Cn1nc(C2CCNCC2)nc1NC(=O)CNC(=O)c1ccc(F)cc1. The lowest BCUT2D eigenvalue weighted by molar-refractivity contribution is -0.115. The zero-order chi connectivity index (χ0) is 18.5. The van der Waals surface area contributed by atoms with Gasteiger partial charge in [0.25, 0.3) is 5.91 Å². The fourth-order valence-electron chi connectivity index (χ4n) is 2.80. The largest absolute Gasteiger partial charge is 0.343 e. The van der Waals surface area contributed by atoms with E-state index in [9.17, 15) is 14.0 Å². The van der Waals surface area contributed by atoms with Gasteiger partial charge in [0, 0.05) is 18.5 Å². The number of benzene rings is 1. The van der Waals surface area contributed by atoms with Crippen molar-refractivity contribution in [2.24, 2.45) is 7.05 Å². The Hall–Kier alpha value is -2.52. The third-order valence-electron chi connectivity index (χ3n) is 4.25. The van der Waals surface area contributed by atoms with Crippen LogP contribution in [0.3, 0.4) is 0 Å². The average Bonchev–Trinajstić information content (AvgIpc) is 3.01. The van der Waals surface area contributed by atoms with Crippen molar-refractivity contribution < 1.29 is 14.0 Å². The molecule has 146 valence electrons. The van der Waals surface area contributed by atoms with Gasteiger partial charge in [0.05, 0.1) is 6.54 Å². The van der Waals surface area contributed by atoms with Crippen LogP contribution in [-0.4, -0.2) is 46.2 Å². The van der Waals surface area contributed by atoms with Gasteiger partial charge in [-0.05, 0) is 50.2 Å². The standard InChI is InChI=1S/C17H21FN6O2.ClH/c1-24-17(22-15(23-24)11-6-8-19-9-7-11)21-14(25)10-20-16(26)12-2-4-13(18)5-3-12;/h2-5,11,19H,6-10H2,1H3,(H,20,26)(H,21,22,23,25);1H. The summed E-state index contributed by atoms with van der Waals surface area (Å²) in [4.78, 5) is 28.4. The molecule has 0 saturated carbocycles. The molecule has 1 saturated heterocycles. The molecule has 0 bridgehead atoms. The first-order valence-corrected chi connectivity index (χ1v) is 8.48. The topological polar surface area (TPSA) is 101 Å². The number of amides is 2. The maximum Gasteiger partial charge on any atom is 0.251 e. The molecule has 1 aromatic carbocycles. The molecule has 0 aliphatic carbocycles. The number of nitrogens with one attached hydrogen (secondary N) is 3. The second-order valence-corrected chi connectivity index (χ2v) is 6.18. The van der Waals surface area contributed by atoms with E-state index in [0.29, 0.717) is 5.95 Å². The van der Waals surface area contributed by atoms with Crippen LogP contribution in [0.15, 0.2) is 24.3 Å². The molecule has 2 heterocycles. The molecule has 2 aromatic rings. The minimum atomic E-state index is -0.450. The van der Waals surface area contributed by atoms with Crippen molar-refractivity contribution in [1.29, 1.82) is 0 Å². The second kappa shape index (κ2) is 9.43. The van der Waals surface area contributed by atoms with Gasteiger partial charge in [-0.25, -0.2) is 9.07 Å². The summed E-state index contributed by atoms with van der Waals surface area (Å²) in [5.41, 5.74) is 0.283. The van der Waals surface area contributed by atoms with E-state index in [2.05, 4.69) is 26.0 Å². The quantitative estimate of drug-likeness (QED) is 0.705. The highest BCUT2D eigenvalue weighted by Gasteiger charge is 2.21. The third kappa shape index (κ3) is 5.48. The number of carbonyl (C=O) groups excluding carboxylic acids is 2. The molecule has 3 rings (SSSR count). The molecule has 0 unspecified atom stereocenters. The van der Waals surface area contributed by atoms with Gasteiger partial charge in [-0.1, -0.05) is 0 Å². The Morgan fingerprint density at radius 3 is 2.59 bits per heavy atom. The zero-order valence-electron chi connectivity index (χ0n) is 14.9. The van der Waals surface area contributed by atoms with E-state index >= 15 is 0 Å². The second-order valence-electron chi connectivity index (χ2n) is 6.18. The molecule has 1 fully saturated rings. The third-order valence-corrected chi connectivity index (χ3v) is 4.25. The molecule has 1 aromatic heterocycles. The summed E-state index contributed by atoms with van der Waals surface area (Å²) >= 11 is 0. The predicted octanol–water partition coefficient (Wildman–Crippen LogP) is 1.21. The molecule has 3 N–H and O–H groups in total. The van der Waals surface area contributed by atoms with Crippen molar-refractivity contribution in [3.8, 4) is 0 Å². The molecule has 0 radical (unpaired) electrons. The van der Waals surface area contributed by atoms with Gasteiger partial charge in [0.15, 0.2) is 5.82 Å². The monoisotopic (exact) mass is 396 g/mol. The van der Waals surface area contributed by atoms with Gasteiger partial charge in [-0.15, -0.1) is 12.4 Å². The fourth-order valence-corrected chi connectivity index (χ4v) is 2.80. The highest BCUT2D eigenvalue weighted by Crippen LogP contribution is 2.23. The number of rotatable bonds is 5. The van der Waals surface area contributed by atoms with E-state index in [0.717, 1.165) is 31.8 Å². The van der Waals surface area contributed by atoms with Gasteiger partial charge in [0.2, 0.25) is 11.9 Å². The van der Waals surface area contributed by atoms with Gasteiger partial charge >= 0.3 is 0 Å². The number of aryl methyl sites for hydroxylation is 1. The molecular formula is C17H22ClFN6O2. The van der Waals surface area contributed by atoms with Crippen molar-refractivity contribution >= 4 is 30.2 Å². The number of nitrogens with zero attached hydrogens (tertiary/aromatic N) is 3. The molecule has 0 atom stereocenters. The number of carbonyl (C=O) groups is 2. The number of aromatic nitrogens is 3. The predicted molar refractivity (Wildman–Crippen MR) is 100 cm³/mol. The lowest BCUT2D eigenvalue weighted by Crippen LogP contribution is -2.33. The van der Waals surface area contributed by atoms with Gasteiger partial charge < -0.3 is 10.6 Å². The van der Waals surface area contributed by atoms with Crippen molar-refractivity contribution in [3.63, 3.8) is 0 Å². The molecule has 8 nitrogen and oxygen atoms in total. The summed E-state index contributed by atoms with van der Waals surface area (Å²) in [5.74, 6) is 0.0675. The minimum absolute atomic E-state index is 0. The molecule has 10 heteroatoms. The summed E-state index contributed by atoms with van der Waals surface area (Å²) in [7, 11) is 1.71. The van der Waals surface area contributed by atoms with Crippen LogP contribution in [0.25, 0.3) is 0 Å². The summed E-state index contributed by atoms with van der Waals surface area (Å²) in [6, 6.07) is 5.10. The van der Waals surface area contributed by atoms with Crippen molar-refractivity contribution in [2.45, 2.75) is 18.8 Å². The summed E-state index contributed by atoms with van der Waals surface area (Å²) in [6.07, 6.45) is 1.93. The first kappa shape index (κ1) is 20.8. The van der Waals surface area contributed by atoms with Crippen LogP contribution in [0.2, 0.25) is 0 Å². The van der Waals surface area contributed by atoms with E-state index in [-0.39, 0.29) is 30.4 Å². The zero-order valence-corrected chi connectivity index (χ0v) is 15.7. The molecule has 0 spiro atoms. The number of hydrogen-bond donors (Lipinski definition) is 3. The fraction of sp³-hybridized carbons (Fsp3) is 0.412.